The van der Waals surface area contributed by atoms with E-state index in [0.717, 1.165) is 21.9 Å². The number of ether oxygens (including phenoxy) is 2. The molecule has 0 saturated heterocycles. The quantitative estimate of drug-likeness (QED) is 0.339. The van der Waals surface area contributed by atoms with Gasteiger partial charge in [0.25, 0.3) is 5.56 Å². The maximum absolute atomic E-state index is 13.9. The van der Waals surface area contributed by atoms with Crippen LogP contribution in [0.4, 0.5) is 0 Å². The third-order valence-electron chi connectivity index (χ3n) is 6.20. The van der Waals surface area contributed by atoms with Gasteiger partial charge in [-0.1, -0.05) is 65.4 Å². The Bertz CT molecular complexity index is 1730. The predicted octanol–water partition coefficient (Wildman–Crippen LogP) is 5.00. The van der Waals surface area contributed by atoms with Gasteiger partial charge in [-0.2, -0.15) is 0 Å². The van der Waals surface area contributed by atoms with Crippen molar-refractivity contribution in [1.82, 2.24) is 4.57 Å². The molecule has 0 fully saturated rings. The van der Waals surface area contributed by atoms with Gasteiger partial charge in [0.2, 0.25) is 0 Å². The van der Waals surface area contributed by atoms with Crippen LogP contribution >= 0.6 is 22.9 Å². The number of fused-ring (bicyclic) bond motifs is 2. The maximum atomic E-state index is 13.9. The highest BCUT2D eigenvalue weighted by atomic mass is 35.5. The number of benzene rings is 3. The highest BCUT2D eigenvalue weighted by Gasteiger charge is 2.33. The number of methoxy groups -OCH3 is 1. The van der Waals surface area contributed by atoms with E-state index in [9.17, 15) is 9.59 Å². The molecule has 8 heteroatoms. The summed E-state index contributed by atoms with van der Waals surface area (Å²) in [4.78, 5) is 32.3. The lowest BCUT2D eigenvalue weighted by atomic mass is 9.96. The lowest BCUT2D eigenvalue weighted by Gasteiger charge is -2.25. The Kier molecular flexibility index (Phi) is 6.75. The van der Waals surface area contributed by atoms with Crippen LogP contribution < -0.4 is 19.6 Å². The number of thiazole rings is 1. The van der Waals surface area contributed by atoms with Crippen molar-refractivity contribution in [3.8, 4) is 5.75 Å². The molecule has 0 amide bonds. The first-order chi connectivity index (χ1) is 17.8. The van der Waals surface area contributed by atoms with Crippen molar-refractivity contribution in [2.75, 3.05) is 7.11 Å². The standard InChI is InChI=1S/C29H25ClN2O4S/c1-16(2)36-28(34)25-17(3)31-29-32(26(25)19-9-12-20(30)13-10-19)27(33)24(37-29)15-22-21-8-6-5-7-18(21)11-14-23(22)35-4/h5-16,26H,1-4H3/t26-/m0/s1. The Hall–Kier alpha value is -3.68. The average Bonchev–Trinajstić information content (AvgIpc) is 3.17. The largest absolute Gasteiger partial charge is 0.496 e. The van der Waals surface area contributed by atoms with E-state index in [2.05, 4.69) is 4.99 Å². The number of hydrogen-bond acceptors (Lipinski definition) is 6. The van der Waals surface area contributed by atoms with Gasteiger partial charge in [-0.05, 0) is 61.4 Å². The average molecular weight is 533 g/mol. The zero-order chi connectivity index (χ0) is 26.3. The molecule has 1 aliphatic rings. The predicted molar refractivity (Wildman–Crippen MR) is 147 cm³/mol. The molecule has 37 heavy (non-hydrogen) atoms. The monoisotopic (exact) mass is 532 g/mol. The van der Waals surface area contributed by atoms with Crippen LogP contribution in [-0.4, -0.2) is 23.8 Å². The Morgan fingerprint density at radius 2 is 1.84 bits per heavy atom. The fourth-order valence-corrected chi connectivity index (χ4v) is 5.71. The molecule has 0 N–H and O–H groups in total. The van der Waals surface area contributed by atoms with Crippen LogP contribution in [0.2, 0.25) is 5.02 Å². The first kappa shape index (κ1) is 25.0. The van der Waals surface area contributed by atoms with E-state index in [4.69, 9.17) is 21.1 Å². The van der Waals surface area contributed by atoms with Crippen molar-refractivity contribution in [3.05, 3.63) is 108 Å². The van der Waals surface area contributed by atoms with Gasteiger partial charge < -0.3 is 9.47 Å². The number of esters is 1. The van der Waals surface area contributed by atoms with Crippen LogP contribution in [0, 0.1) is 0 Å². The molecule has 0 spiro atoms. The van der Waals surface area contributed by atoms with Crippen molar-refractivity contribution in [2.24, 2.45) is 4.99 Å². The maximum Gasteiger partial charge on any atom is 0.338 e. The van der Waals surface area contributed by atoms with Crippen molar-refractivity contribution < 1.29 is 14.3 Å². The van der Waals surface area contributed by atoms with Crippen LogP contribution in [-0.2, 0) is 9.53 Å². The third kappa shape index (κ3) is 4.61. The second-order valence-electron chi connectivity index (χ2n) is 8.99. The Morgan fingerprint density at radius 1 is 1.11 bits per heavy atom. The lowest BCUT2D eigenvalue weighted by Crippen LogP contribution is -2.40. The Balaban J connectivity index is 1.77. The van der Waals surface area contributed by atoms with E-state index < -0.39 is 12.0 Å². The molecule has 5 rings (SSSR count). The molecule has 6 nitrogen and oxygen atoms in total. The summed E-state index contributed by atoms with van der Waals surface area (Å²) in [5, 5.41) is 2.57. The summed E-state index contributed by atoms with van der Waals surface area (Å²) in [5.74, 6) is 0.164. The second kappa shape index (κ2) is 10.00. The Morgan fingerprint density at radius 3 is 2.54 bits per heavy atom. The van der Waals surface area contributed by atoms with E-state index in [1.807, 2.05) is 54.6 Å². The highest BCUT2D eigenvalue weighted by molar-refractivity contribution is 7.07. The molecular weight excluding hydrogens is 508 g/mol. The van der Waals surface area contributed by atoms with Gasteiger partial charge in [-0.25, -0.2) is 9.79 Å². The van der Waals surface area contributed by atoms with Crippen molar-refractivity contribution in [3.63, 3.8) is 0 Å². The molecule has 0 saturated carbocycles. The van der Waals surface area contributed by atoms with E-state index >= 15 is 0 Å². The molecule has 2 heterocycles. The molecular formula is C29H25ClN2O4S. The molecule has 188 valence electrons. The van der Waals surface area contributed by atoms with Gasteiger partial charge in [-0.15, -0.1) is 0 Å². The topological polar surface area (TPSA) is 69.9 Å². The van der Waals surface area contributed by atoms with Gasteiger partial charge in [-0.3, -0.25) is 9.36 Å². The van der Waals surface area contributed by atoms with Crippen LogP contribution in [0.3, 0.4) is 0 Å². The van der Waals surface area contributed by atoms with Crippen LogP contribution in [0.1, 0.15) is 37.9 Å². The van der Waals surface area contributed by atoms with Gasteiger partial charge in [0.1, 0.15) is 5.75 Å². The zero-order valence-corrected chi connectivity index (χ0v) is 22.4. The number of halogens is 1. The summed E-state index contributed by atoms with van der Waals surface area (Å²) < 4.78 is 13.2. The molecule has 1 aromatic heterocycles. The summed E-state index contributed by atoms with van der Waals surface area (Å²) in [6.07, 6.45) is 1.53. The lowest BCUT2D eigenvalue weighted by molar-refractivity contribution is -0.143. The number of carbonyl (C=O) groups excluding carboxylic acids is 1. The minimum Gasteiger partial charge on any atom is -0.496 e. The van der Waals surface area contributed by atoms with E-state index in [1.165, 1.54) is 11.3 Å². The Labute approximate surface area is 222 Å². The van der Waals surface area contributed by atoms with E-state index in [1.54, 1.807) is 44.6 Å². The minimum absolute atomic E-state index is 0.249. The first-order valence-corrected chi connectivity index (χ1v) is 13.0. The van der Waals surface area contributed by atoms with E-state index in [0.29, 0.717) is 31.4 Å². The molecule has 3 aromatic carbocycles. The number of carbonyl (C=O) groups is 1. The summed E-state index contributed by atoms with van der Waals surface area (Å²) in [6.45, 7) is 5.35. The number of aromatic nitrogens is 1. The molecule has 0 aliphatic carbocycles. The molecule has 4 aromatic rings. The summed E-state index contributed by atoms with van der Waals surface area (Å²) >= 11 is 7.42. The number of rotatable bonds is 5. The SMILES string of the molecule is COc1ccc2ccccc2c1C=c1sc2n(c1=O)[C@@H](c1ccc(Cl)cc1)C(C(=O)OC(C)C)=C(C)N=2. The second-order valence-corrected chi connectivity index (χ2v) is 10.4. The van der Waals surface area contributed by atoms with Crippen LogP contribution in [0.5, 0.6) is 5.75 Å². The fraction of sp³-hybridized carbons (Fsp3) is 0.207. The van der Waals surface area contributed by atoms with Crippen molar-refractivity contribution in [2.45, 2.75) is 32.9 Å². The summed E-state index contributed by atoms with van der Waals surface area (Å²) in [5.41, 5.74) is 2.15. The highest BCUT2D eigenvalue weighted by Crippen LogP contribution is 2.32. The smallest absolute Gasteiger partial charge is 0.338 e. The zero-order valence-electron chi connectivity index (χ0n) is 20.8. The van der Waals surface area contributed by atoms with Gasteiger partial charge in [0.05, 0.1) is 35.1 Å². The molecule has 1 atom stereocenters. The van der Waals surface area contributed by atoms with Crippen LogP contribution in [0.15, 0.2) is 81.7 Å². The first-order valence-electron chi connectivity index (χ1n) is 11.8. The number of nitrogens with zero attached hydrogens (tertiary/aromatic N) is 2. The van der Waals surface area contributed by atoms with E-state index in [-0.39, 0.29) is 11.7 Å². The van der Waals surface area contributed by atoms with Crippen LogP contribution in [0.25, 0.3) is 16.8 Å². The van der Waals surface area contributed by atoms with Gasteiger partial charge in [0.15, 0.2) is 4.80 Å². The molecule has 0 unspecified atom stereocenters. The number of hydrogen-bond donors (Lipinski definition) is 0. The van der Waals surface area contributed by atoms with Crippen molar-refractivity contribution in [1.29, 1.82) is 0 Å². The molecule has 0 bridgehead atoms. The molecule has 1 aliphatic heterocycles. The fourth-order valence-electron chi connectivity index (χ4n) is 4.55. The van der Waals surface area contributed by atoms with Crippen molar-refractivity contribution >= 4 is 45.8 Å². The van der Waals surface area contributed by atoms with Gasteiger partial charge >= 0.3 is 5.97 Å². The summed E-state index contributed by atoms with van der Waals surface area (Å²) in [6, 6.07) is 18.3. The number of allylic oxidation sites excluding steroid dienone is 1. The minimum atomic E-state index is -0.698. The third-order valence-corrected chi connectivity index (χ3v) is 7.43. The molecule has 0 radical (unpaired) electrons. The van der Waals surface area contributed by atoms with Gasteiger partial charge in [0, 0.05) is 10.6 Å². The normalized spacial score (nSPS) is 15.6. The summed E-state index contributed by atoms with van der Waals surface area (Å²) in [7, 11) is 1.61.